The zero-order valence-electron chi connectivity index (χ0n) is 62.7. The molecule has 0 N–H and O–H groups in total. The van der Waals surface area contributed by atoms with Crippen LogP contribution in [-0.4, -0.2) is 62.8 Å². The Labute approximate surface area is 604 Å². The van der Waals surface area contributed by atoms with Crippen LogP contribution in [0, 0.1) is 12.3 Å². The maximum absolute atomic E-state index is 6.15. The van der Waals surface area contributed by atoms with Crippen molar-refractivity contribution < 1.29 is 31.5 Å². The number of hydrogen-bond acceptors (Lipinski definition) is 9. The molecule has 0 bridgehead atoms. The van der Waals surface area contributed by atoms with Crippen LogP contribution in [0.3, 0.4) is 0 Å². The molecule has 5 aliphatic heterocycles. The van der Waals surface area contributed by atoms with Crippen LogP contribution < -0.4 is 70.9 Å². The number of aromatic nitrogens is 6. The van der Waals surface area contributed by atoms with E-state index in [0.29, 0.717) is 30.1 Å². The topological polar surface area (TPSA) is 95.2 Å². The number of rotatable bonds is 8. The number of fused-ring (bicyclic) bond motifs is 12. The van der Waals surface area contributed by atoms with Crippen LogP contribution in [0.1, 0.15) is 97.5 Å². The summed E-state index contributed by atoms with van der Waals surface area (Å²) in [5.74, 6) is 13.4. The second-order valence-electron chi connectivity index (χ2n) is 30.6. The molecule has 13 aromatic rings. The Morgan fingerprint density at radius 2 is 0.951 bits per heavy atom. The molecule has 5 aliphatic rings. The standard InChI is InChI=1S/C27H31BN3O.C22H21BN3O.C20H27BN2O.C15H15BN3O/c1-18(2)20-11-9-12-21(19(3)4)26(20)30-15-14-29(6)27(30)31-17-23-22-10-7-8-13-24(22)32-25(23)16-28(31)5;1-16-24(3)22(15-25(16)17-9-5-4-6-10-17)26-14-21-19(13-23(26)2)18-11-7-8-12-20(18)27-21;1-14-19(2,3)13-20(4,5)23(14)22-12-18-16(11-21(22)6)15-9-7-8-10-17(15)24-18;1-16-10-13-12-6-3-4-7-14(12)20-15(13)11-18(16)19-9-5-8-17(19)2/h7-19H,1-6H3;4-15H,1-3H3;7-12,14H,13H2,1-6H3;3-11H,1-2H3/q2*+1;;+1. The predicted octanol–water partition coefficient (Wildman–Crippen LogP) is 10.7. The first-order chi connectivity index (χ1) is 49.4. The van der Waals surface area contributed by atoms with Crippen molar-refractivity contribution in [1.29, 1.82) is 0 Å². The normalized spacial score (nSPS) is 16.4. The maximum atomic E-state index is 6.15. The molecular formula is C84H94B4N11O4+3. The van der Waals surface area contributed by atoms with Gasteiger partial charge in [-0.15, -0.1) is 0 Å². The summed E-state index contributed by atoms with van der Waals surface area (Å²) in [5.41, 5.74) is 13.2. The first kappa shape index (κ1) is 68.3. The van der Waals surface area contributed by atoms with Crippen LogP contribution in [-0.2, 0) is 21.1 Å². The molecule has 15 nitrogen and oxygen atoms in total. The monoisotopic (exact) mass is 1360 g/mol. The van der Waals surface area contributed by atoms with Gasteiger partial charge in [-0.25, -0.2) is 28.2 Å². The first-order valence-electron chi connectivity index (χ1n) is 36.6. The summed E-state index contributed by atoms with van der Waals surface area (Å²) in [6.45, 7) is 32.9. The van der Waals surface area contributed by atoms with Crippen LogP contribution in [0.25, 0.3) is 104 Å². The molecule has 103 heavy (non-hydrogen) atoms. The van der Waals surface area contributed by atoms with E-state index in [1.165, 1.54) is 60.9 Å². The van der Waals surface area contributed by atoms with Gasteiger partial charge in [0.1, 0.15) is 76.4 Å². The van der Waals surface area contributed by atoms with Gasteiger partial charge in [-0.3, -0.25) is 4.81 Å². The van der Waals surface area contributed by atoms with Crippen molar-refractivity contribution in [2.24, 2.45) is 26.6 Å². The molecule has 1 unspecified atom stereocenters. The lowest BCUT2D eigenvalue weighted by atomic mass is 9.61. The summed E-state index contributed by atoms with van der Waals surface area (Å²) >= 11 is 0. The smallest absolute Gasteiger partial charge is 0.425 e. The third kappa shape index (κ3) is 12.3. The number of nitrogens with zero attached hydrogens (tertiary/aromatic N) is 11. The average Bonchev–Trinajstić information content (AvgIpc) is 1.61. The van der Waals surface area contributed by atoms with Crippen molar-refractivity contribution in [3.63, 3.8) is 0 Å². The molecule has 12 heterocycles. The van der Waals surface area contributed by atoms with Crippen LogP contribution >= 0.6 is 0 Å². The van der Waals surface area contributed by atoms with Gasteiger partial charge in [0, 0.05) is 68.0 Å². The van der Waals surface area contributed by atoms with E-state index in [9.17, 15) is 0 Å². The van der Waals surface area contributed by atoms with E-state index in [2.05, 4.69) is 323 Å². The maximum Gasteiger partial charge on any atom is 0.425 e. The molecule has 0 aliphatic carbocycles. The first-order valence-corrected chi connectivity index (χ1v) is 36.6. The van der Waals surface area contributed by atoms with Gasteiger partial charge in [-0.2, -0.15) is 4.68 Å². The van der Waals surface area contributed by atoms with E-state index in [0.717, 1.165) is 72.1 Å². The predicted molar refractivity (Wildman–Crippen MR) is 425 cm³/mol. The summed E-state index contributed by atoms with van der Waals surface area (Å²) in [5, 5.41) is 12.1. The molecule has 18 rings (SSSR count). The number of benzene rings is 6. The quantitative estimate of drug-likeness (QED) is 0.109. The number of para-hydroxylation sites is 6. The zero-order valence-corrected chi connectivity index (χ0v) is 62.7. The van der Waals surface area contributed by atoms with Crippen molar-refractivity contribution in [3.05, 3.63) is 242 Å². The summed E-state index contributed by atoms with van der Waals surface area (Å²) in [6.07, 6.45) is 20.5. The lowest BCUT2D eigenvalue weighted by Crippen LogP contribution is -2.58. The van der Waals surface area contributed by atoms with Crippen LogP contribution in [0.5, 0.6) is 0 Å². The molecule has 1 atom stereocenters. The molecule has 0 spiro atoms. The molecule has 0 saturated carbocycles. The Bertz CT molecular complexity index is 5930. The summed E-state index contributed by atoms with van der Waals surface area (Å²) in [7, 11) is 6.26. The Morgan fingerprint density at radius 1 is 0.476 bits per heavy atom. The second-order valence-corrected chi connectivity index (χ2v) is 30.6. The molecular weight excluding hydrogens is 1270 g/mol. The fourth-order valence-corrected chi connectivity index (χ4v) is 16.5. The van der Waals surface area contributed by atoms with E-state index >= 15 is 0 Å². The van der Waals surface area contributed by atoms with Gasteiger partial charge in [0.05, 0.1) is 44.1 Å². The van der Waals surface area contributed by atoms with Gasteiger partial charge in [-0.05, 0) is 118 Å². The van der Waals surface area contributed by atoms with E-state index in [1.54, 1.807) is 0 Å². The Morgan fingerprint density at radius 3 is 1.47 bits per heavy atom. The largest absolute Gasteiger partial charge is 0.457 e. The molecule has 6 aromatic carbocycles. The van der Waals surface area contributed by atoms with Gasteiger partial charge in [0.15, 0.2) is 10.8 Å². The summed E-state index contributed by atoms with van der Waals surface area (Å²) in [4.78, 5) is 11.3. The molecule has 518 valence electrons. The van der Waals surface area contributed by atoms with Gasteiger partial charge >= 0.3 is 26.5 Å². The highest BCUT2D eigenvalue weighted by Gasteiger charge is 2.51. The number of furan rings is 4. The fraction of sp³-hybridized carbons (Fsp3) is 0.274. The summed E-state index contributed by atoms with van der Waals surface area (Å²) < 4.78 is 35.4. The van der Waals surface area contributed by atoms with E-state index < -0.39 is 0 Å². The van der Waals surface area contributed by atoms with Crippen molar-refractivity contribution >= 4 is 132 Å². The molecule has 0 radical (unpaired) electrons. The van der Waals surface area contributed by atoms with Crippen molar-refractivity contribution in [1.82, 2.24) is 23.9 Å². The zero-order chi connectivity index (χ0) is 72.1. The molecule has 19 heteroatoms. The Kier molecular flexibility index (Phi) is 17.7. The minimum Gasteiger partial charge on any atom is -0.457 e. The molecule has 1 saturated heterocycles. The Balaban J connectivity index is 0.000000112. The number of aryl methyl sites for hydroxylation is 2. The lowest BCUT2D eigenvalue weighted by molar-refractivity contribution is -0.750. The highest BCUT2D eigenvalue weighted by atomic mass is 16.3. The number of imidazole rings is 2. The molecule has 1 fully saturated rings. The number of hydrogen-bond donors (Lipinski definition) is 0. The van der Waals surface area contributed by atoms with Crippen molar-refractivity contribution in [2.75, 3.05) is 14.5 Å². The van der Waals surface area contributed by atoms with E-state index in [4.69, 9.17) is 17.7 Å². The fourth-order valence-electron chi connectivity index (χ4n) is 16.5. The molecule has 0 amide bonds. The number of anilines is 2. The Hall–Kier alpha value is -10.5. The lowest BCUT2D eigenvalue weighted by Gasteiger charge is -2.45. The van der Waals surface area contributed by atoms with Gasteiger partial charge < -0.3 is 27.4 Å². The highest BCUT2D eigenvalue weighted by Crippen LogP contribution is 2.47. The molecule has 7 aromatic heterocycles. The minimum absolute atomic E-state index is 0.130. The second kappa shape index (κ2) is 26.7. The van der Waals surface area contributed by atoms with E-state index in [1.807, 2.05) is 78.7 Å². The third-order valence-corrected chi connectivity index (χ3v) is 21.8. The van der Waals surface area contributed by atoms with Crippen molar-refractivity contribution in [2.45, 2.75) is 126 Å². The number of hydrazine groups is 1. The highest BCUT2D eigenvalue weighted by molar-refractivity contribution is 6.77. The summed E-state index contributed by atoms with van der Waals surface area (Å²) in [6, 6.07) is 52.7. The van der Waals surface area contributed by atoms with Crippen molar-refractivity contribution in [3.8, 4) is 11.4 Å². The SMILES string of the molecule is CB1C=c2c(oc3ccccc23)=CN1N1C(C)C(C)(C)CC1(C)C.CB1C=c2c(oc3ccccc23)=CN1c1cn(-c2ccccc2)c(C)[n+]1C.CB1C=c2c(oc3ccccc23)=CN1n1ccc[n+]1C.CB1C=c2oc3ccccc3c2=CN1c1n(-c2c(C(C)C)cccc2C(C)C)cc[n+]1C. The van der Waals surface area contributed by atoms with Crippen LogP contribution in [0.15, 0.2) is 200 Å². The van der Waals surface area contributed by atoms with E-state index in [-0.39, 0.29) is 26.1 Å². The minimum atomic E-state index is 0.130. The van der Waals surface area contributed by atoms with Crippen LogP contribution in [0.4, 0.5) is 11.8 Å². The van der Waals surface area contributed by atoms with Crippen LogP contribution in [0.2, 0.25) is 27.3 Å². The average molecular weight is 1360 g/mol. The van der Waals surface area contributed by atoms with Gasteiger partial charge in [0.25, 0.3) is 6.85 Å². The van der Waals surface area contributed by atoms with Gasteiger partial charge in [-0.1, -0.05) is 180 Å². The van der Waals surface area contributed by atoms with Gasteiger partial charge in [0.2, 0.25) is 11.6 Å². The third-order valence-electron chi connectivity index (χ3n) is 21.8.